The summed E-state index contributed by atoms with van der Waals surface area (Å²) in [6.07, 6.45) is 1.53. The number of amides is 1. The van der Waals surface area contributed by atoms with Crippen LogP contribution in [0.3, 0.4) is 0 Å². The highest BCUT2D eigenvalue weighted by Gasteiger charge is 2.20. The maximum atomic E-state index is 10.9. The molecule has 1 aliphatic rings. The van der Waals surface area contributed by atoms with E-state index in [2.05, 4.69) is 4.74 Å². The monoisotopic (exact) mass is 188 g/mol. The summed E-state index contributed by atoms with van der Waals surface area (Å²) >= 11 is 0. The summed E-state index contributed by atoms with van der Waals surface area (Å²) in [6, 6.07) is 0.260. The van der Waals surface area contributed by atoms with Crippen molar-refractivity contribution in [3.05, 3.63) is 0 Å². The Morgan fingerprint density at radius 1 is 1.38 bits per heavy atom. The highest BCUT2D eigenvalue weighted by molar-refractivity contribution is 5.67. The van der Waals surface area contributed by atoms with Crippen molar-refractivity contribution in [1.29, 1.82) is 0 Å². The van der Waals surface area contributed by atoms with Gasteiger partial charge >= 0.3 is 6.09 Å². The Morgan fingerprint density at radius 2 is 1.85 bits per heavy atom. The van der Waals surface area contributed by atoms with Gasteiger partial charge in [-0.3, -0.25) is 0 Å². The molecule has 0 aromatic carbocycles. The predicted octanol–water partition coefficient (Wildman–Crippen LogP) is 1.20. The number of piperidine rings is 1. The molecule has 4 heteroatoms. The molecule has 1 saturated heterocycles. The first-order chi connectivity index (χ1) is 6.24. The Labute approximate surface area is 80.0 Å². The SMILES string of the molecule is CC.COC(=O)N1CCC(N)CC1. The zero-order valence-electron chi connectivity index (χ0n) is 8.75. The first kappa shape index (κ1) is 12.2. The van der Waals surface area contributed by atoms with Crippen LogP contribution < -0.4 is 5.73 Å². The number of methoxy groups -OCH3 is 1. The molecule has 0 aromatic rings. The highest BCUT2D eigenvalue weighted by Crippen LogP contribution is 2.08. The van der Waals surface area contributed by atoms with Crippen molar-refractivity contribution < 1.29 is 9.53 Å². The molecule has 0 aliphatic carbocycles. The van der Waals surface area contributed by atoms with Crippen LogP contribution in [-0.4, -0.2) is 37.2 Å². The van der Waals surface area contributed by atoms with Crippen LogP contribution >= 0.6 is 0 Å². The van der Waals surface area contributed by atoms with Crippen molar-refractivity contribution in [2.45, 2.75) is 32.7 Å². The molecule has 0 bridgehead atoms. The molecule has 1 amide bonds. The molecule has 0 atom stereocenters. The Kier molecular flexibility index (Phi) is 6.32. The highest BCUT2D eigenvalue weighted by atomic mass is 16.5. The third-order valence-corrected chi connectivity index (χ3v) is 1.97. The molecule has 78 valence electrons. The number of nitrogens with zero attached hydrogens (tertiary/aromatic N) is 1. The number of carbonyl (C=O) groups is 1. The van der Waals surface area contributed by atoms with Crippen molar-refractivity contribution in [2.75, 3.05) is 20.2 Å². The first-order valence-corrected chi connectivity index (χ1v) is 4.82. The van der Waals surface area contributed by atoms with E-state index in [0.29, 0.717) is 0 Å². The minimum absolute atomic E-state index is 0.239. The summed E-state index contributed by atoms with van der Waals surface area (Å²) in [5.74, 6) is 0. The molecule has 0 aromatic heterocycles. The van der Waals surface area contributed by atoms with E-state index in [4.69, 9.17) is 5.73 Å². The largest absolute Gasteiger partial charge is 0.453 e. The zero-order chi connectivity index (χ0) is 10.3. The van der Waals surface area contributed by atoms with E-state index in [-0.39, 0.29) is 12.1 Å². The van der Waals surface area contributed by atoms with E-state index in [1.165, 1.54) is 7.11 Å². The van der Waals surface area contributed by atoms with Crippen LogP contribution in [0.25, 0.3) is 0 Å². The molecule has 13 heavy (non-hydrogen) atoms. The van der Waals surface area contributed by atoms with E-state index >= 15 is 0 Å². The fraction of sp³-hybridized carbons (Fsp3) is 0.889. The summed E-state index contributed by atoms with van der Waals surface area (Å²) < 4.78 is 4.57. The van der Waals surface area contributed by atoms with Gasteiger partial charge in [0.05, 0.1) is 7.11 Å². The molecule has 1 fully saturated rings. The first-order valence-electron chi connectivity index (χ1n) is 4.82. The van der Waals surface area contributed by atoms with Gasteiger partial charge in [-0.05, 0) is 12.8 Å². The Bertz CT molecular complexity index is 143. The van der Waals surface area contributed by atoms with Crippen LogP contribution in [-0.2, 0) is 4.74 Å². The second-order valence-corrected chi connectivity index (χ2v) is 2.79. The molecule has 0 unspecified atom stereocenters. The van der Waals surface area contributed by atoms with Gasteiger partial charge in [-0.25, -0.2) is 4.79 Å². The van der Waals surface area contributed by atoms with Crippen molar-refractivity contribution >= 4 is 6.09 Å². The lowest BCUT2D eigenvalue weighted by molar-refractivity contribution is 0.112. The van der Waals surface area contributed by atoms with E-state index < -0.39 is 0 Å². The Hall–Kier alpha value is -0.770. The van der Waals surface area contributed by atoms with E-state index in [0.717, 1.165) is 25.9 Å². The van der Waals surface area contributed by atoms with Gasteiger partial charge in [-0.2, -0.15) is 0 Å². The van der Waals surface area contributed by atoms with Crippen LogP contribution in [0.2, 0.25) is 0 Å². The van der Waals surface area contributed by atoms with Gasteiger partial charge in [0.2, 0.25) is 0 Å². The fourth-order valence-electron chi connectivity index (χ4n) is 1.21. The zero-order valence-corrected chi connectivity index (χ0v) is 8.75. The molecule has 1 rings (SSSR count). The smallest absolute Gasteiger partial charge is 0.409 e. The third-order valence-electron chi connectivity index (χ3n) is 1.97. The molecule has 1 aliphatic heterocycles. The maximum absolute atomic E-state index is 10.9. The average molecular weight is 188 g/mol. The lowest BCUT2D eigenvalue weighted by Crippen LogP contribution is -2.42. The summed E-state index contributed by atoms with van der Waals surface area (Å²) in [7, 11) is 1.40. The van der Waals surface area contributed by atoms with Crippen molar-refractivity contribution in [3.8, 4) is 0 Å². The number of hydrogen-bond acceptors (Lipinski definition) is 3. The van der Waals surface area contributed by atoms with Gasteiger partial charge in [-0.1, -0.05) is 13.8 Å². The topological polar surface area (TPSA) is 55.6 Å². The van der Waals surface area contributed by atoms with Gasteiger partial charge in [0.1, 0.15) is 0 Å². The quantitative estimate of drug-likeness (QED) is 0.621. The lowest BCUT2D eigenvalue weighted by atomic mass is 10.1. The van der Waals surface area contributed by atoms with Crippen LogP contribution in [0.5, 0.6) is 0 Å². The summed E-state index contributed by atoms with van der Waals surface area (Å²) in [5, 5.41) is 0. The molecule has 4 nitrogen and oxygen atoms in total. The number of ether oxygens (including phenoxy) is 1. The molecule has 0 saturated carbocycles. The van der Waals surface area contributed by atoms with Crippen LogP contribution in [0.1, 0.15) is 26.7 Å². The minimum atomic E-state index is -0.239. The number of nitrogens with two attached hydrogens (primary N) is 1. The lowest BCUT2D eigenvalue weighted by Gasteiger charge is -2.28. The summed E-state index contributed by atoms with van der Waals surface area (Å²) in [6.45, 7) is 5.46. The van der Waals surface area contributed by atoms with E-state index in [1.54, 1.807) is 4.90 Å². The second kappa shape index (κ2) is 6.71. The Balaban J connectivity index is 0.000000671. The number of rotatable bonds is 0. The summed E-state index contributed by atoms with van der Waals surface area (Å²) in [4.78, 5) is 12.6. The van der Waals surface area contributed by atoms with Crippen molar-refractivity contribution in [3.63, 3.8) is 0 Å². The fourth-order valence-corrected chi connectivity index (χ4v) is 1.21. The summed E-state index contributed by atoms with van der Waals surface area (Å²) in [5.41, 5.74) is 5.66. The maximum Gasteiger partial charge on any atom is 0.409 e. The van der Waals surface area contributed by atoms with Crippen molar-refractivity contribution in [2.24, 2.45) is 5.73 Å². The predicted molar refractivity (Wildman–Crippen MR) is 52.5 cm³/mol. The Morgan fingerprint density at radius 3 is 2.23 bits per heavy atom. The van der Waals surface area contributed by atoms with Gasteiger partial charge < -0.3 is 15.4 Å². The standard InChI is InChI=1S/C7H14N2O2.C2H6/c1-11-7(10)9-4-2-6(8)3-5-9;1-2/h6H,2-5,8H2,1H3;1-2H3. The molecule has 1 heterocycles. The van der Waals surface area contributed by atoms with E-state index in [1.807, 2.05) is 13.8 Å². The minimum Gasteiger partial charge on any atom is -0.453 e. The van der Waals surface area contributed by atoms with Crippen molar-refractivity contribution in [1.82, 2.24) is 4.90 Å². The van der Waals surface area contributed by atoms with Gasteiger partial charge in [-0.15, -0.1) is 0 Å². The molecule has 0 radical (unpaired) electrons. The van der Waals surface area contributed by atoms with E-state index in [9.17, 15) is 4.79 Å². The van der Waals surface area contributed by atoms with Gasteiger partial charge in [0.15, 0.2) is 0 Å². The third kappa shape index (κ3) is 4.12. The molecule has 0 spiro atoms. The van der Waals surface area contributed by atoms with Gasteiger partial charge in [0.25, 0.3) is 0 Å². The molecular formula is C9H20N2O2. The second-order valence-electron chi connectivity index (χ2n) is 2.79. The van der Waals surface area contributed by atoms with Crippen LogP contribution in [0.4, 0.5) is 4.79 Å². The molecular weight excluding hydrogens is 168 g/mol. The normalized spacial score (nSPS) is 17.4. The van der Waals surface area contributed by atoms with Crippen LogP contribution in [0.15, 0.2) is 0 Å². The number of hydrogen-bond donors (Lipinski definition) is 1. The van der Waals surface area contributed by atoms with Gasteiger partial charge in [0, 0.05) is 19.1 Å². The number of likely N-dealkylation sites (tertiary alicyclic amines) is 1. The van der Waals surface area contributed by atoms with Crippen LogP contribution in [0, 0.1) is 0 Å². The number of carbonyl (C=O) groups excluding carboxylic acids is 1. The average Bonchev–Trinajstić information content (AvgIpc) is 2.21. The molecule has 2 N–H and O–H groups in total.